The number of fused-ring (bicyclic) bond motifs is 2. The fourth-order valence-corrected chi connectivity index (χ4v) is 5.32. The van der Waals surface area contributed by atoms with Crippen LogP contribution in [-0.4, -0.2) is 70.7 Å². The first-order chi connectivity index (χ1) is 20.4. The number of aromatic amines is 2. The summed E-state index contributed by atoms with van der Waals surface area (Å²) in [4.78, 5) is 19.2. The first-order valence-corrected chi connectivity index (χ1v) is 14.4. The Hall–Kier alpha value is -4.25. The molecule has 5 aromatic rings. The fraction of sp³-hybridized carbons (Fsp3) is 0.355. The second kappa shape index (κ2) is 11.9. The van der Waals surface area contributed by atoms with Crippen molar-refractivity contribution in [2.75, 3.05) is 56.1 Å². The zero-order valence-electron chi connectivity index (χ0n) is 23.5. The van der Waals surface area contributed by atoms with Crippen LogP contribution in [-0.2, 0) is 6.18 Å². The van der Waals surface area contributed by atoms with E-state index < -0.39 is 12.0 Å². The monoisotopic (exact) mass is 577 g/mol. The van der Waals surface area contributed by atoms with Gasteiger partial charge in [-0.1, -0.05) is 25.5 Å². The quantitative estimate of drug-likeness (QED) is 0.164. The number of benzene rings is 3. The minimum Gasteiger partial charge on any atom is -0.490 e. The SMILES string of the molecule is CCCCNc1ccc(-c2nc3c(N4CCN(CCOc5cccc6[nH]c(C(F)(F)F)nc56)CC4)cccc3[nH]2)cc1. The third-order valence-electron chi connectivity index (χ3n) is 7.63. The highest BCUT2D eigenvalue weighted by atomic mass is 19.4. The number of nitrogens with zero attached hydrogens (tertiary/aromatic N) is 4. The van der Waals surface area contributed by atoms with E-state index in [9.17, 15) is 13.2 Å². The van der Waals surface area contributed by atoms with Crippen LogP contribution in [0, 0.1) is 0 Å². The fourth-order valence-electron chi connectivity index (χ4n) is 5.32. The highest BCUT2D eigenvalue weighted by Crippen LogP contribution is 2.32. The molecule has 3 aromatic carbocycles. The van der Waals surface area contributed by atoms with E-state index in [0.29, 0.717) is 24.4 Å². The maximum absolute atomic E-state index is 13.1. The van der Waals surface area contributed by atoms with Crippen LogP contribution in [0.25, 0.3) is 33.5 Å². The summed E-state index contributed by atoms with van der Waals surface area (Å²) in [5.41, 5.74) is 5.73. The van der Waals surface area contributed by atoms with Crippen molar-refractivity contribution in [2.24, 2.45) is 0 Å². The molecule has 0 bridgehead atoms. The molecule has 0 saturated carbocycles. The van der Waals surface area contributed by atoms with E-state index in [4.69, 9.17) is 9.72 Å². The number of anilines is 2. The van der Waals surface area contributed by atoms with Crippen LogP contribution in [0.5, 0.6) is 5.75 Å². The molecule has 1 saturated heterocycles. The number of imidazole rings is 2. The Morgan fingerprint density at radius 2 is 1.62 bits per heavy atom. The van der Waals surface area contributed by atoms with Crippen molar-refractivity contribution in [2.45, 2.75) is 25.9 Å². The van der Waals surface area contributed by atoms with E-state index in [0.717, 1.165) is 79.4 Å². The second-order valence-corrected chi connectivity index (χ2v) is 10.5. The van der Waals surface area contributed by atoms with Gasteiger partial charge in [0.1, 0.15) is 29.2 Å². The van der Waals surface area contributed by atoms with Gasteiger partial charge >= 0.3 is 6.18 Å². The summed E-state index contributed by atoms with van der Waals surface area (Å²) in [6, 6.07) is 19.5. The molecule has 3 heterocycles. The van der Waals surface area contributed by atoms with Gasteiger partial charge in [-0.15, -0.1) is 0 Å². The van der Waals surface area contributed by atoms with Gasteiger partial charge in [-0.3, -0.25) is 4.90 Å². The minimum atomic E-state index is -4.53. The highest BCUT2D eigenvalue weighted by molar-refractivity contribution is 5.91. The van der Waals surface area contributed by atoms with Crippen LogP contribution < -0.4 is 15.0 Å². The number of alkyl halides is 3. The van der Waals surface area contributed by atoms with Crippen molar-refractivity contribution in [3.05, 3.63) is 66.5 Å². The molecule has 0 aliphatic carbocycles. The number of H-pyrrole nitrogens is 2. The van der Waals surface area contributed by atoms with Gasteiger partial charge in [-0.05, 0) is 55.0 Å². The van der Waals surface area contributed by atoms with Crippen molar-refractivity contribution >= 4 is 33.4 Å². The number of nitrogens with one attached hydrogen (secondary N) is 3. The molecule has 1 aliphatic rings. The average molecular weight is 578 g/mol. The molecule has 3 N–H and O–H groups in total. The topological polar surface area (TPSA) is 85.1 Å². The Morgan fingerprint density at radius 1 is 0.881 bits per heavy atom. The molecule has 0 atom stereocenters. The maximum Gasteiger partial charge on any atom is 0.449 e. The second-order valence-electron chi connectivity index (χ2n) is 10.5. The Labute approximate surface area is 241 Å². The molecule has 8 nitrogen and oxygen atoms in total. The smallest absolute Gasteiger partial charge is 0.449 e. The summed E-state index contributed by atoms with van der Waals surface area (Å²) >= 11 is 0. The van der Waals surface area contributed by atoms with E-state index in [-0.39, 0.29) is 5.52 Å². The van der Waals surface area contributed by atoms with Crippen molar-refractivity contribution in [3.8, 4) is 17.1 Å². The van der Waals surface area contributed by atoms with Gasteiger partial charge in [0.05, 0.1) is 16.7 Å². The lowest BCUT2D eigenvalue weighted by Gasteiger charge is -2.36. The number of aromatic nitrogens is 4. The number of piperazine rings is 1. The van der Waals surface area contributed by atoms with Crippen LogP contribution >= 0.6 is 0 Å². The van der Waals surface area contributed by atoms with Gasteiger partial charge in [0.2, 0.25) is 5.82 Å². The highest BCUT2D eigenvalue weighted by Gasteiger charge is 2.35. The lowest BCUT2D eigenvalue weighted by molar-refractivity contribution is -0.144. The molecule has 6 rings (SSSR count). The summed E-state index contributed by atoms with van der Waals surface area (Å²) in [5, 5.41) is 3.45. The van der Waals surface area contributed by atoms with E-state index >= 15 is 0 Å². The Kier molecular flexibility index (Phi) is 7.92. The lowest BCUT2D eigenvalue weighted by Crippen LogP contribution is -2.47. The molecule has 1 fully saturated rings. The largest absolute Gasteiger partial charge is 0.490 e. The van der Waals surface area contributed by atoms with Gasteiger partial charge in [0.25, 0.3) is 0 Å². The molecule has 1 aliphatic heterocycles. The molecule has 2 aromatic heterocycles. The number of ether oxygens (including phenoxy) is 1. The van der Waals surface area contributed by atoms with Crippen molar-refractivity contribution in [1.29, 1.82) is 0 Å². The molecule has 11 heteroatoms. The van der Waals surface area contributed by atoms with Crippen LogP contribution in [0.3, 0.4) is 0 Å². The minimum absolute atomic E-state index is 0.195. The Bertz CT molecular complexity index is 1640. The summed E-state index contributed by atoms with van der Waals surface area (Å²) in [5.74, 6) is 0.181. The summed E-state index contributed by atoms with van der Waals surface area (Å²) in [6.45, 7) is 7.54. The third kappa shape index (κ3) is 6.01. The standard InChI is InChI=1S/C31H34F3N7O/c1-2-3-14-35-22-12-10-21(11-13-22)29-36-23-6-4-8-25(27(23)38-29)41-17-15-40(16-18-41)19-20-42-26-9-5-7-24-28(26)39-30(37-24)31(32,33)34/h4-13,35H,2-3,14-20H2,1H3,(H,36,38)(H,37,39). The van der Waals surface area contributed by atoms with Gasteiger partial charge in [-0.25, -0.2) is 9.97 Å². The molecule has 0 unspecified atom stereocenters. The number of unbranched alkanes of at least 4 members (excludes halogenated alkanes) is 1. The van der Waals surface area contributed by atoms with Crippen LogP contribution in [0.2, 0.25) is 0 Å². The Balaban J connectivity index is 1.06. The Morgan fingerprint density at radius 3 is 2.36 bits per heavy atom. The van der Waals surface area contributed by atoms with Gasteiger partial charge in [0.15, 0.2) is 0 Å². The molecular formula is C31H34F3N7O. The molecular weight excluding hydrogens is 543 g/mol. The summed E-state index contributed by atoms with van der Waals surface area (Å²) in [7, 11) is 0. The first kappa shape index (κ1) is 27.9. The lowest BCUT2D eigenvalue weighted by atomic mass is 10.2. The normalized spacial score (nSPS) is 14.6. The van der Waals surface area contributed by atoms with Gasteiger partial charge < -0.3 is 24.9 Å². The van der Waals surface area contributed by atoms with Crippen LogP contribution in [0.4, 0.5) is 24.5 Å². The van der Waals surface area contributed by atoms with Gasteiger partial charge in [0, 0.05) is 50.5 Å². The third-order valence-corrected chi connectivity index (χ3v) is 7.63. The molecule has 0 spiro atoms. The van der Waals surface area contributed by atoms with Crippen LogP contribution in [0.1, 0.15) is 25.6 Å². The molecule has 0 amide bonds. The molecule has 42 heavy (non-hydrogen) atoms. The zero-order chi connectivity index (χ0) is 29.1. The van der Waals surface area contributed by atoms with Crippen molar-refractivity contribution in [3.63, 3.8) is 0 Å². The van der Waals surface area contributed by atoms with Gasteiger partial charge in [-0.2, -0.15) is 13.2 Å². The van der Waals surface area contributed by atoms with E-state index in [1.54, 1.807) is 18.2 Å². The molecule has 220 valence electrons. The number of para-hydroxylation sites is 2. The number of rotatable bonds is 10. The number of hydrogen-bond acceptors (Lipinski definition) is 6. The zero-order valence-corrected chi connectivity index (χ0v) is 23.5. The predicted molar refractivity (Wildman–Crippen MR) is 160 cm³/mol. The van der Waals surface area contributed by atoms with Crippen molar-refractivity contribution < 1.29 is 17.9 Å². The van der Waals surface area contributed by atoms with Crippen molar-refractivity contribution in [1.82, 2.24) is 24.8 Å². The van der Waals surface area contributed by atoms with E-state index in [1.807, 2.05) is 0 Å². The predicted octanol–water partition coefficient (Wildman–Crippen LogP) is 6.54. The summed E-state index contributed by atoms with van der Waals surface area (Å²) in [6.07, 6.45) is -2.22. The number of hydrogen-bond donors (Lipinski definition) is 3. The maximum atomic E-state index is 13.1. The van der Waals surface area contributed by atoms with E-state index in [1.165, 1.54) is 0 Å². The number of halogens is 3. The van der Waals surface area contributed by atoms with E-state index in [2.05, 4.69) is 79.5 Å². The molecule has 0 radical (unpaired) electrons. The van der Waals surface area contributed by atoms with Crippen LogP contribution in [0.15, 0.2) is 60.7 Å². The first-order valence-electron chi connectivity index (χ1n) is 14.4. The summed E-state index contributed by atoms with van der Waals surface area (Å²) < 4.78 is 45.1. The average Bonchev–Trinajstić information content (AvgIpc) is 3.64.